The maximum absolute atomic E-state index is 11.6. The van der Waals surface area contributed by atoms with E-state index >= 15 is 0 Å². The van der Waals surface area contributed by atoms with Gasteiger partial charge >= 0.3 is 12.1 Å². The number of ether oxygens (including phenoxy) is 2. The summed E-state index contributed by atoms with van der Waals surface area (Å²) >= 11 is 0. The number of amides is 1. The SMILES string of the molecule is CCOC(=O)CCC/C(=C\N1CCOC1=O)CCc1ccccc1. The maximum atomic E-state index is 11.6. The number of hydrogen-bond acceptors (Lipinski definition) is 4. The molecule has 1 heterocycles. The van der Waals surface area contributed by atoms with Crippen molar-refractivity contribution < 1.29 is 19.1 Å². The van der Waals surface area contributed by atoms with Crippen molar-refractivity contribution in [3.8, 4) is 0 Å². The minimum Gasteiger partial charge on any atom is -0.466 e. The van der Waals surface area contributed by atoms with E-state index in [0.29, 0.717) is 26.2 Å². The van der Waals surface area contributed by atoms with Gasteiger partial charge < -0.3 is 9.47 Å². The first-order chi connectivity index (χ1) is 11.7. The number of carbonyl (C=O) groups is 2. The van der Waals surface area contributed by atoms with Crippen molar-refractivity contribution in [3.05, 3.63) is 47.7 Å². The van der Waals surface area contributed by atoms with Gasteiger partial charge in [0.1, 0.15) is 6.61 Å². The molecule has 0 saturated carbocycles. The van der Waals surface area contributed by atoms with Gasteiger partial charge in [0.05, 0.1) is 13.2 Å². The molecule has 24 heavy (non-hydrogen) atoms. The van der Waals surface area contributed by atoms with Gasteiger partial charge in [-0.05, 0) is 38.2 Å². The van der Waals surface area contributed by atoms with Crippen LogP contribution >= 0.6 is 0 Å². The molecule has 0 aromatic heterocycles. The maximum Gasteiger partial charge on any atom is 0.413 e. The fourth-order valence-electron chi connectivity index (χ4n) is 2.64. The first-order valence-electron chi connectivity index (χ1n) is 8.51. The zero-order chi connectivity index (χ0) is 17.2. The van der Waals surface area contributed by atoms with Crippen molar-refractivity contribution >= 4 is 12.1 Å². The molecule has 0 bridgehead atoms. The average Bonchev–Trinajstić information content (AvgIpc) is 2.98. The molecule has 0 N–H and O–H groups in total. The van der Waals surface area contributed by atoms with Crippen LogP contribution in [0.15, 0.2) is 42.1 Å². The van der Waals surface area contributed by atoms with Crippen LogP contribution in [0.3, 0.4) is 0 Å². The summed E-state index contributed by atoms with van der Waals surface area (Å²) in [5.41, 5.74) is 2.42. The number of rotatable bonds is 9. The Kier molecular flexibility index (Phi) is 7.33. The number of hydrogen-bond donors (Lipinski definition) is 0. The molecule has 5 heteroatoms. The summed E-state index contributed by atoms with van der Waals surface area (Å²) < 4.78 is 9.93. The molecule has 1 saturated heterocycles. The summed E-state index contributed by atoms with van der Waals surface area (Å²) in [7, 11) is 0. The van der Waals surface area contributed by atoms with E-state index in [-0.39, 0.29) is 12.1 Å². The van der Waals surface area contributed by atoms with Crippen LogP contribution in [0.5, 0.6) is 0 Å². The highest BCUT2D eigenvalue weighted by Crippen LogP contribution is 2.18. The molecular formula is C19H25NO4. The van der Waals surface area contributed by atoms with Crippen LogP contribution in [0.2, 0.25) is 0 Å². The monoisotopic (exact) mass is 331 g/mol. The van der Waals surface area contributed by atoms with Gasteiger partial charge in [0.25, 0.3) is 0 Å². The second-order valence-corrected chi connectivity index (χ2v) is 5.74. The largest absolute Gasteiger partial charge is 0.466 e. The summed E-state index contributed by atoms with van der Waals surface area (Å²) in [6.45, 7) is 3.24. The molecule has 0 spiro atoms. The van der Waals surface area contributed by atoms with Crippen LogP contribution in [0.4, 0.5) is 4.79 Å². The third-order valence-corrected chi connectivity index (χ3v) is 3.89. The Bertz CT molecular complexity index is 568. The standard InChI is InChI=1S/C19H25NO4/c1-2-23-18(21)10-6-9-17(15-20-13-14-24-19(20)22)12-11-16-7-4-3-5-8-16/h3-5,7-8,15H,2,6,9-14H2,1H3/b17-15+. The molecule has 0 aliphatic carbocycles. The quantitative estimate of drug-likeness (QED) is 0.648. The summed E-state index contributed by atoms with van der Waals surface area (Å²) in [4.78, 5) is 24.7. The van der Waals surface area contributed by atoms with Crippen molar-refractivity contribution in [3.63, 3.8) is 0 Å². The highest BCUT2D eigenvalue weighted by molar-refractivity contribution is 5.70. The molecular weight excluding hydrogens is 306 g/mol. The predicted molar refractivity (Wildman–Crippen MR) is 91.4 cm³/mol. The number of aryl methyl sites for hydroxylation is 1. The zero-order valence-electron chi connectivity index (χ0n) is 14.2. The Balaban J connectivity index is 1.91. The van der Waals surface area contributed by atoms with E-state index in [9.17, 15) is 9.59 Å². The molecule has 1 aromatic carbocycles. The summed E-state index contributed by atoms with van der Waals surface area (Å²) in [6.07, 6.45) is 5.27. The number of allylic oxidation sites excluding steroid dienone is 1. The van der Waals surface area contributed by atoms with Crippen molar-refractivity contribution in [1.82, 2.24) is 4.90 Å². The fourth-order valence-corrected chi connectivity index (χ4v) is 2.64. The Morgan fingerprint density at radius 2 is 2.04 bits per heavy atom. The molecule has 1 amide bonds. The van der Waals surface area contributed by atoms with Gasteiger partial charge in [-0.1, -0.05) is 35.9 Å². The molecule has 1 aromatic rings. The third-order valence-electron chi connectivity index (χ3n) is 3.89. The summed E-state index contributed by atoms with van der Waals surface area (Å²) in [5.74, 6) is -0.166. The second-order valence-electron chi connectivity index (χ2n) is 5.74. The summed E-state index contributed by atoms with van der Waals surface area (Å²) in [6, 6.07) is 10.2. The second kappa shape index (κ2) is 9.75. The Hall–Kier alpha value is -2.30. The van der Waals surface area contributed by atoms with Gasteiger partial charge in [0.15, 0.2) is 0 Å². The molecule has 1 fully saturated rings. The zero-order valence-corrected chi connectivity index (χ0v) is 14.2. The van der Waals surface area contributed by atoms with Crippen LogP contribution < -0.4 is 0 Å². The smallest absolute Gasteiger partial charge is 0.413 e. The molecule has 5 nitrogen and oxygen atoms in total. The van der Waals surface area contributed by atoms with Crippen molar-refractivity contribution in [2.24, 2.45) is 0 Å². The van der Waals surface area contributed by atoms with E-state index in [1.54, 1.807) is 4.90 Å². The number of esters is 1. The first-order valence-corrected chi connectivity index (χ1v) is 8.51. The minimum atomic E-state index is -0.294. The molecule has 130 valence electrons. The van der Waals surface area contributed by atoms with Crippen molar-refractivity contribution in [1.29, 1.82) is 0 Å². The first kappa shape index (κ1) is 18.0. The molecule has 2 rings (SSSR count). The van der Waals surface area contributed by atoms with Gasteiger partial charge in [-0.25, -0.2) is 4.79 Å². The highest BCUT2D eigenvalue weighted by atomic mass is 16.6. The lowest BCUT2D eigenvalue weighted by Crippen LogP contribution is -2.18. The Morgan fingerprint density at radius 1 is 1.25 bits per heavy atom. The van der Waals surface area contributed by atoms with E-state index < -0.39 is 0 Å². The molecule has 1 aliphatic rings. The summed E-state index contributed by atoms with van der Waals surface area (Å²) in [5, 5.41) is 0. The predicted octanol–water partition coefficient (Wildman–Crippen LogP) is 3.69. The minimum absolute atomic E-state index is 0.166. The number of cyclic esters (lactones) is 1. The number of nitrogens with zero attached hydrogens (tertiary/aromatic N) is 1. The van der Waals surface area contributed by atoms with Crippen LogP contribution in [-0.4, -0.2) is 36.7 Å². The van der Waals surface area contributed by atoms with Gasteiger partial charge in [-0.15, -0.1) is 0 Å². The Morgan fingerprint density at radius 3 is 2.71 bits per heavy atom. The van der Waals surface area contributed by atoms with Crippen molar-refractivity contribution in [2.45, 2.75) is 39.0 Å². The molecule has 1 aliphatic heterocycles. The van der Waals surface area contributed by atoms with Crippen LogP contribution in [0.25, 0.3) is 0 Å². The average molecular weight is 331 g/mol. The Labute approximate surface area is 143 Å². The van der Waals surface area contributed by atoms with Gasteiger partial charge in [0.2, 0.25) is 0 Å². The van der Waals surface area contributed by atoms with E-state index in [0.717, 1.165) is 31.3 Å². The van der Waals surface area contributed by atoms with E-state index in [1.807, 2.05) is 31.3 Å². The molecule has 0 radical (unpaired) electrons. The van der Waals surface area contributed by atoms with E-state index in [2.05, 4.69) is 12.1 Å². The van der Waals surface area contributed by atoms with Crippen molar-refractivity contribution in [2.75, 3.05) is 19.8 Å². The number of carbonyl (C=O) groups excluding carboxylic acids is 2. The topological polar surface area (TPSA) is 55.8 Å². The normalized spacial score (nSPS) is 14.6. The molecule has 0 unspecified atom stereocenters. The van der Waals surface area contributed by atoms with Crippen LogP contribution in [0.1, 0.15) is 38.2 Å². The van der Waals surface area contributed by atoms with Gasteiger partial charge in [-0.3, -0.25) is 9.69 Å². The highest BCUT2D eigenvalue weighted by Gasteiger charge is 2.20. The lowest BCUT2D eigenvalue weighted by atomic mass is 10.0. The number of benzene rings is 1. The van der Waals surface area contributed by atoms with Gasteiger partial charge in [-0.2, -0.15) is 0 Å². The lowest BCUT2D eigenvalue weighted by Gasteiger charge is -2.12. The fraction of sp³-hybridized carbons (Fsp3) is 0.474. The third kappa shape index (κ3) is 6.07. The van der Waals surface area contributed by atoms with Gasteiger partial charge in [0, 0.05) is 12.6 Å². The van der Waals surface area contributed by atoms with E-state index in [1.165, 1.54) is 5.56 Å². The van der Waals surface area contributed by atoms with Crippen LogP contribution in [-0.2, 0) is 20.7 Å². The van der Waals surface area contributed by atoms with E-state index in [4.69, 9.17) is 9.47 Å². The lowest BCUT2D eigenvalue weighted by molar-refractivity contribution is -0.143. The van der Waals surface area contributed by atoms with Crippen LogP contribution in [0, 0.1) is 0 Å². The molecule has 0 atom stereocenters.